The fraction of sp³-hybridized carbons (Fsp3) is 0.0682. The molecule has 0 bridgehead atoms. The predicted octanol–water partition coefficient (Wildman–Crippen LogP) is 10.9. The zero-order chi connectivity index (χ0) is 32.0. The van der Waals surface area contributed by atoms with Gasteiger partial charge in [-0.25, -0.2) is 4.98 Å². The normalized spacial score (nSPS) is 13.4. The highest BCUT2D eigenvalue weighted by molar-refractivity contribution is 6.30. The number of rotatable bonds is 3. The molecule has 9 aromatic rings. The average molecular weight is 615 g/mol. The molecule has 0 spiro atoms. The SMILES string of the molecule is CC1(C)c2ccccc2-c2c3c1cccc3cc1c2c2c3ccccc3ccc2n1-c1nc(-c2ccccc2)nc(-c2ccccc2)n1. The highest BCUT2D eigenvalue weighted by Gasteiger charge is 2.35. The minimum Gasteiger partial charge on any atom is -0.278 e. The molecule has 0 saturated carbocycles. The van der Waals surface area contributed by atoms with E-state index in [9.17, 15) is 0 Å². The van der Waals surface area contributed by atoms with Crippen molar-refractivity contribution in [1.29, 1.82) is 0 Å². The third-order valence-corrected chi connectivity index (χ3v) is 10.2. The second kappa shape index (κ2) is 9.93. The summed E-state index contributed by atoms with van der Waals surface area (Å²) in [6.45, 7) is 4.71. The molecule has 0 amide bonds. The molecule has 0 N–H and O–H groups in total. The first kappa shape index (κ1) is 27.0. The number of benzene rings is 7. The van der Waals surface area contributed by atoms with Crippen LogP contribution in [0.4, 0.5) is 0 Å². The fourth-order valence-electron chi connectivity index (χ4n) is 8.00. The fourth-order valence-corrected chi connectivity index (χ4v) is 8.00. The summed E-state index contributed by atoms with van der Waals surface area (Å²) >= 11 is 0. The molecule has 10 rings (SSSR count). The molecular weight excluding hydrogens is 585 g/mol. The van der Waals surface area contributed by atoms with Gasteiger partial charge in [-0.2, -0.15) is 9.97 Å². The van der Waals surface area contributed by atoms with E-state index < -0.39 is 0 Å². The monoisotopic (exact) mass is 614 g/mol. The zero-order valence-electron chi connectivity index (χ0n) is 26.6. The largest absolute Gasteiger partial charge is 0.278 e. The van der Waals surface area contributed by atoms with E-state index in [1.807, 2.05) is 36.4 Å². The van der Waals surface area contributed by atoms with Gasteiger partial charge in [0.25, 0.3) is 0 Å². The zero-order valence-corrected chi connectivity index (χ0v) is 26.6. The quantitative estimate of drug-likeness (QED) is 0.199. The van der Waals surface area contributed by atoms with E-state index in [1.165, 1.54) is 54.6 Å². The van der Waals surface area contributed by atoms with Gasteiger partial charge in [0.1, 0.15) is 0 Å². The van der Waals surface area contributed by atoms with Crippen LogP contribution in [0.5, 0.6) is 0 Å². The first-order valence-corrected chi connectivity index (χ1v) is 16.5. The molecule has 2 aromatic heterocycles. The third kappa shape index (κ3) is 3.74. The van der Waals surface area contributed by atoms with Crippen LogP contribution in [0.2, 0.25) is 0 Å². The van der Waals surface area contributed by atoms with Crippen LogP contribution in [0.15, 0.2) is 146 Å². The molecule has 48 heavy (non-hydrogen) atoms. The van der Waals surface area contributed by atoms with Crippen molar-refractivity contribution in [3.63, 3.8) is 0 Å². The lowest BCUT2D eigenvalue weighted by molar-refractivity contribution is 0.645. The third-order valence-electron chi connectivity index (χ3n) is 10.2. The van der Waals surface area contributed by atoms with Crippen molar-refractivity contribution < 1.29 is 0 Å². The van der Waals surface area contributed by atoms with Crippen LogP contribution in [0.1, 0.15) is 25.0 Å². The summed E-state index contributed by atoms with van der Waals surface area (Å²) in [5, 5.41) is 7.41. The van der Waals surface area contributed by atoms with Crippen molar-refractivity contribution in [2.75, 3.05) is 0 Å². The first-order valence-electron chi connectivity index (χ1n) is 16.5. The standard InChI is InChI=1S/C44H30N4/c1-44(2)33-22-12-11-21-32(33)39-37-30(19-13-23-34(37)44)26-36-40(39)38-31-20-10-9-14-27(31)24-25-35(38)48(36)43-46-41(28-15-5-3-6-16-28)45-42(47-43)29-17-7-4-8-18-29/h3-26H,1-2H3. The van der Waals surface area contributed by atoms with Crippen LogP contribution >= 0.6 is 0 Å². The molecule has 226 valence electrons. The average Bonchev–Trinajstić information content (AvgIpc) is 3.48. The Morgan fingerprint density at radius 1 is 0.479 bits per heavy atom. The van der Waals surface area contributed by atoms with Crippen molar-refractivity contribution >= 4 is 43.4 Å². The van der Waals surface area contributed by atoms with Gasteiger partial charge in [-0.05, 0) is 50.4 Å². The van der Waals surface area contributed by atoms with E-state index in [4.69, 9.17) is 15.0 Å². The number of hydrogen-bond acceptors (Lipinski definition) is 3. The van der Waals surface area contributed by atoms with Gasteiger partial charge in [0, 0.05) is 32.9 Å². The van der Waals surface area contributed by atoms with E-state index in [0.717, 1.165) is 22.2 Å². The summed E-state index contributed by atoms with van der Waals surface area (Å²) in [5.74, 6) is 1.89. The summed E-state index contributed by atoms with van der Waals surface area (Å²) in [6, 6.07) is 51.7. The maximum atomic E-state index is 5.23. The van der Waals surface area contributed by atoms with E-state index in [-0.39, 0.29) is 5.41 Å². The first-order chi connectivity index (χ1) is 23.6. The summed E-state index contributed by atoms with van der Waals surface area (Å²) in [4.78, 5) is 15.5. The van der Waals surface area contributed by atoms with Gasteiger partial charge in [-0.3, -0.25) is 4.57 Å². The molecule has 0 aliphatic heterocycles. The van der Waals surface area contributed by atoms with Gasteiger partial charge < -0.3 is 0 Å². The molecule has 0 atom stereocenters. The molecule has 0 fully saturated rings. The lowest BCUT2D eigenvalue weighted by atomic mass is 9.68. The molecule has 1 aliphatic rings. The van der Waals surface area contributed by atoms with E-state index in [1.54, 1.807) is 0 Å². The molecule has 0 unspecified atom stereocenters. The van der Waals surface area contributed by atoms with Crippen molar-refractivity contribution in [3.8, 4) is 39.9 Å². The van der Waals surface area contributed by atoms with Crippen LogP contribution < -0.4 is 0 Å². The lowest BCUT2D eigenvalue weighted by Gasteiger charge is -2.35. The van der Waals surface area contributed by atoms with Gasteiger partial charge in [-0.1, -0.05) is 147 Å². The molecule has 4 heteroatoms. The Bertz CT molecular complexity index is 2680. The summed E-state index contributed by atoms with van der Waals surface area (Å²) in [5.41, 5.74) is 9.19. The minimum atomic E-state index is -0.138. The highest BCUT2D eigenvalue weighted by atomic mass is 15.2. The van der Waals surface area contributed by atoms with E-state index >= 15 is 0 Å². The maximum absolute atomic E-state index is 5.23. The van der Waals surface area contributed by atoms with Crippen LogP contribution in [-0.4, -0.2) is 19.5 Å². The Labute approximate surface area is 278 Å². The Balaban J connectivity index is 1.43. The number of aromatic nitrogens is 4. The summed E-state index contributed by atoms with van der Waals surface area (Å²) < 4.78 is 2.27. The lowest BCUT2D eigenvalue weighted by Crippen LogP contribution is -2.23. The van der Waals surface area contributed by atoms with Crippen molar-refractivity contribution in [2.45, 2.75) is 19.3 Å². The van der Waals surface area contributed by atoms with Crippen molar-refractivity contribution in [2.24, 2.45) is 0 Å². The summed E-state index contributed by atoms with van der Waals surface area (Å²) in [7, 11) is 0. The number of nitrogens with zero attached hydrogens (tertiary/aromatic N) is 4. The molecule has 0 radical (unpaired) electrons. The van der Waals surface area contributed by atoms with Gasteiger partial charge in [-0.15, -0.1) is 0 Å². The van der Waals surface area contributed by atoms with Crippen LogP contribution in [0.25, 0.3) is 83.2 Å². The second-order valence-electron chi connectivity index (χ2n) is 13.3. The predicted molar refractivity (Wildman–Crippen MR) is 198 cm³/mol. The van der Waals surface area contributed by atoms with E-state index in [2.05, 4.69) is 128 Å². The maximum Gasteiger partial charge on any atom is 0.238 e. The van der Waals surface area contributed by atoms with Gasteiger partial charge in [0.05, 0.1) is 11.0 Å². The van der Waals surface area contributed by atoms with Crippen LogP contribution in [0.3, 0.4) is 0 Å². The molecule has 1 aliphatic carbocycles. The van der Waals surface area contributed by atoms with Gasteiger partial charge >= 0.3 is 0 Å². The topological polar surface area (TPSA) is 43.6 Å². The molecule has 0 saturated heterocycles. The highest BCUT2D eigenvalue weighted by Crippen LogP contribution is 2.53. The molecule has 4 nitrogen and oxygen atoms in total. The molecule has 2 heterocycles. The van der Waals surface area contributed by atoms with Gasteiger partial charge in [0.15, 0.2) is 11.6 Å². The Kier molecular flexibility index (Phi) is 5.59. The molecule has 7 aromatic carbocycles. The summed E-state index contributed by atoms with van der Waals surface area (Å²) in [6.07, 6.45) is 0. The van der Waals surface area contributed by atoms with Crippen LogP contribution in [0, 0.1) is 0 Å². The Morgan fingerprint density at radius 2 is 1.10 bits per heavy atom. The Hall–Kier alpha value is -6.13. The Morgan fingerprint density at radius 3 is 1.85 bits per heavy atom. The van der Waals surface area contributed by atoms with E-state index in [0.29, 0.717) is 17.6 Å². The van der Waals surface area contributed by atoms with Gasteiger partial charge in [0.2, 0.25) is 5.95 Å². The minimum absolute atomic E-state index is 0.138. The molecular formula is C44H30N4. The number of fused-ring (bicyclic) bond motifs is 8. The number of hydrogen-bond donors (Lipinski definition) is 0. The van der Waals surface area contributed by atoms with Crippen molar-refractivity contribution in [1.82, 2.24) is 19.5 Å². The van der Waals surface area contributed by atoms with Crippen LogP contribution in [-0.2, 0) is 5.41 Å². The second-order valence-corrected chi connectivity index (χ2v) is 13.3. The smallest absolute Gasteiger partial charge is 0.238 e. The van der Waals surface area contributed by atoms with Crippen molar-refractivity contribution in [3.05, 3.63) is 157 Å².